The Morgan fingerprint density at radius 3 is 2.48 bits per heavy atom. The highest BCUT2D eigenvalue weighted by Crippen LogP contribution is 2.48. The molecule has 2 atom stereocenters. The molecule has 1 aliphatic rings. The van der Waals surface area contributed by atoms with Gasteiger partial charge in [0.05, 0.1) is 5.69 Å². The second-order valence-corrected chi connectivity index (χ2v) is 6.79. The molecule has 1 heterocycles. The summed E-state index contributed by atoms with van der Waals surface area (Å²) in [6.07, 6.45) is 2.30. The Kier molecular flexibility index (Phi) is 4.52. The Balaban J connectivity index is 1.43. The van der Waals surface area contributed by atoms with Gasteiger partial charge in [0.25, 0.3) is 0 Å². The van der Waals surface area contributed by atoms with Crippen molar-refractivity contribution in [2.75, 3.05) is 0 Å². The Bertz CT molecular complexity index is 983. The number of halogens is 3. The van der Waals surface area contributed by atoms with Crippen molar-refractivity contribution in [1.29, 1.82) is 0 Å². The van der Waals surface area contributed by atoms with E-state index < -0.39 is 11.6 Å². The van der Waals surface area contributed by atoms with Crippen LogP contribution in [0.2, 0.25) is 0 Å². The summed E-state index contributed by atoms with van der Waals surface area (Å²) in [6.45, 7) is 0. The molecule has 0 N–H and O–H groups in total. The van der Waals surface area contributed by atoms with Crippen LogP contribution >= 0.6 is 0 Å². The van der Waals surface area contributed by atoms with Gasteiger partial charge in [-0.15, -0.1) is 0 Å². The van der Waals surface area contributed by atoms with Crippen LogP contribution in [-0.4, -0.2) is 10.8 Å². The average Bonchev–Trinajstić information content (AvgIpc) is 3.47. The number of aromatic nitrogens is 1. The third-order valence-corrected chi connectivity index (χ3v) is 4.95. The van der Waals surface area contributed by atoms with Crippen LogP contribution in [0.4, 0.5) is 13.2 Å². The molecule has 0 saturated heterocycles. The van der Waals surface area contributed by atoms with Gasteiger partial charge in [0.15, 0.2) is 11.6 Å². The Morgan fingerprint density at radius 2 is 1.78 bits per heavy atom. The van der Waals surface area contributed by atoms with Crippen molar-refractivity contribution in [1.82, 2.24) is 4.98 Å². The minimum Gasteiger partial charge on any atom is -0.299 e. The molecule has 5 heteroatoms. The first-order chi connectivity index (χ1) is 13.0. The number of hydrogen-bond donors (Lipinski definition) is 0. The van der Waals surface area contributed by atoms with E-state index in [2.05, 4.69) is 4.98 Å². The minimum absolute atomic E-state index is 0.0592. The Labute approximate surface area is 154 Å². The number of rotatable bonds is 5. The molecular formula is C22H16F3NO. The SMILES string of the molecule is O=C(Cc1cccc(F)c1F)C1CC1c1ccc(-c2ccc(F)cc2)nc1. The molecule has 0 aliphatic heterocycles. The van der Waals surface area contributed by atoms with Crippen LogP contribution in [0.15, 0.2) is 60.8 Å². The Morgan fingerprint density at radius 1 is 1.00 bits per heavy atom. The lowest BCUT2D eigenvalue weighted by Gasteiger charge is -2.05. The van der Waals surface area contributed by atoms with Gasteiger partial charge in [0.1, 0.15) is 11.6 Å². The standard InChI is InChI=1S/C22H16F3NO/c23-16-7-4-13(5-8-16)20-9-6-15(12-26-20)17-11-18(17)21(27)10-14-2-1-3-19(24)22(14)25/h1-9,12,17-18H,10-11H2. The zero-order chi connectivity index (χ0) is 19.0. The zero-order valence-electron chi connectivity index (χ0n) is 14.3. The topological polar surface area (TPSA) is 30.0 Å². The highest BCUT2D eigenvalue weighted by molar-refractivity contribution is 5.87. The molecule has 27 heavy (non-hydrogen) atoms. The molecular weight excluding hydrogens is 351 g/mol. The van der Waals surface area contributed by atoms with E-state index in [0.29, 0.717) is 6.42 Å². The summed E-state index contributed by atoms with van der Waals surface area (Å²) in [6, 6.07) is 13.7. The van der Waals surface area contributed by atoms with Crippen molar-refractivity contribution in [3.63, 3.8) is 0 Å². The van der Waals surface area contributed by atoms with Gasteiger partial charge in [0, 0.05) is 24.1 Å². The molecule has 4 rings (SSSR count). The number of nitrogens with zero attached hydrogens (tertiary/aromatic N) is 1. The first kappa shape index (κ1) is 17.5. The van der Waals surface area contributed by atoms with Crippen LogP contribution in [0.3, 0.4) is 0 Å². The van der Waals surface area contributed by atoms with Gasteiger partial charge in [-0.3, -0.25) is 9.78 Å². The summed E-state index contributed by atoms with van der Waals surface area (Å²) in [5.74, 6) is -2.41. The molecule has 136 valence electrons. The molecule has 0 radical (unpaired) electrons. The monoisotopic (exact) mass is 367 g/mol. The van der Waals surface area contributed by atoms with Gasteiger partial charge in [-0.2, -0.15) is 0 Å². The fourth-order valence-electron chi connectivity index (χ4n) is 3.34. The number of hydrogen-bond acceptors (Lipinski definition) is 2. The molecule has 0 spiro atoms. The molecule has 0 amide bonds. The van der Waals surface area contributed by atoms with E-state index in [-0.39, 0.29) is 35.4 Å². The predicted molar refractivity (Wildman–Crippen MR) is 95.5 cm³/mol. The van der Waals surface area contributed by atoms with E-state index >= 15 is 0 Å². The van der Waals surface area contributed by atoms with Crippen molar-refractivity contribution in [3.05, 3.63) is 89.4 Å². The zero-order valence-corrected chi connectivity index (χ0v) is 14.3. The minimum atomic E-state index is -0.951. The first-order valence-electron chi connectivity index (χ1n) is 8.70. The number of pyridine rings is 1. The molecule has 1 fully saturated rings. The predicted octanol–water partition coefficient (Wildman–Crippen LogP) is 5.08. The summed E-state index contributed by atoms with van der Waals surface area (Å²) >= 11 is 0. The highest BCUT2D eigenvalue weighted by atomic mass is 19.2. The molecule has 2 nitrogen and oxygen atoms in total. The third-order valence-electron chi connectivity index (χ3n) is 4.95. The lowest BCUT2D eigenvalue weighted by atomic mass is 10.0. The second kappa shape index (κ2) is 6.99. The lowest BCUT2D eigenvalue weighted by Crippen LogP contribution is -2.08. The van der Waals surface area contributed by atoms with Gasteiger partial charge >= 0.3 is 0 Å². The van der Waals surface area contributed by atoms with Crippen LogP contribution in [0.25, 0.3) is 11.3 Å². The van der Waals surface area contributed by atoms with Crippen LogP contribution < -0.4 is 0 Å². The third kappa shape index (κ3) is 3.63. The van der Waals surface area contributed by atoms with E-state index in [9.17, 15) is 18.0 Å². The normalized spacial score (nSPS) is 18.3. The fraction of sp³-hybridized carbons (Fsp3) is 0.182. The number of benzene rings is 2. The smallest absolute Gasteiger partial charge is 0.162 e. The molecule has 1 aromatic heterocycles. The lowest BCUT2D eigenvalue weighted by molar-refractivity contribution is -0.119. The molecule has 0 bridgehead atoms. The quantitative estimate of drug-likeness (QED) is 0.629. The summed E-state index contributed by atoms with van der Waals surface area (Å²) < 4.78 is 40.0. The van der Waals surface area contributed by atoms with Crippen LogP contribution in [0.1, 0.15) is 23.5 Å². The largest absolute Gasteiger partial charge is 0.299 e. The van der Waals surface area contributed by atoms with Crippen LogP contribution in [-0.2, 0) is 11.2 Å². The number of Topliss-reactive ketones (excluding diaryl/α,β-unsaturated/α-hetero) is 1. The van der Waals surface area contributed by atoms with E-state index in [1.807, 2.05) is 12.1 Å². The van der Waals surface area contributed by atoms with E-state index in [4.69, 9.17) is 0 Å². The van der Waals surface area contributed by atoms with Gasteiger partial charge < -0.3 is 0 Å². The maximum atomic E-state index is 13.7. The van der Waals surface area contributed by atoms with Gasteiger partial charge in [-0.25, -0.2) is 13.2 Å². The van der Waals surface area contributed by atoms with E-state index in [1.54, 1.807) is 18.3 Å². The number of carbonyl (C=O) groups excluding carboxylic acids is 1. The summed E-state index contributed by atoms with van der Waals surface area (Å²) in [5.41, 5.74) is 2.58. The Hall–Kier alpha value is -2.95. The molecule has 1 saturated carbocycles. The molecule has 2 unspecified atom stereocenters. The van der Waals surface area contributed by atoms with E-state index in [1.165, 1.54) is 24.3 Å². The number of ketones is 1. The summed E-state index contributed by atoms with van der Waals surface area (Å²) in [4.78, 5) is 16.8. The summed E-state index contributed by atoms with van der Waals surface area (Å²) in [7, 11) is 0. The van der Waals surface area contributed by atoms with Crippen LogP contribution in [0.5, 0.6) is 0 Å². The van der Waals surface area contributed by atoms with E-state index in [0.717, 1.165) is 22.9 Å². The fourth-order valence-corrected chi connectivity index (χ4v) is 3.34. The maximum absolute atomic E-state index is 13.7. The van der Waals surface area contributed by atoms with Gasteiger partial charge in [0.2, 0.25) is 0 Å². The highest BCUT2D eigenvalue weighted by Gasteiger charge is 2.43. The van der Waals surface area contributed by atoms with Crippen molar-refractivity contribution in [2.24, 2.45) is 5.92 Å². The number of carbonyl (C=O) groups is 1. The van der Waals surface area contributed by atoms with Crippen molar-refractivity contribution in [3.8, 4) is 11.3 Å². The molecule has 3 aromatic rings. The first-order valence-corrected chi connectivity index (χ1v) is 8.70. The average molecular weight is 367 g/mol. The summed E-state index contributed by atoms with van der Waals surface area (Å²) in [5, 5.41) is 0. The van der Waals surface area contributed by atoms with Crippen molar-refractivity contribution >= 4 is 5.78 Å². The van der Waals surface area contributed by atoms with Crippen molar-refractivity contribution in [2.45, 2.75) is 18.8 Å². The molecule has 2 aromatic carbocycles. The second-order valence-electron chi connectivity index (χ2n) is 6.79. The van der Waals surface area contributed by atoms with Gasteiger partial charge in [-0.1, -0.05) is 18.2 Å². The van der Waals surface area contributed by atoms with Crippen LogP contribution in [0, 0.1) is 23.4 Å². The molecule has 1 aliphatic carbocycles. The maximum Gasteiger partial charge on any atom is 0.162 e. The van der Waals surface area contributed by atoms with Crippen molar-refractivity contribution < 1.29 is 18.0 Å². The van der Waals surface area contributed by atoms with Gasteiger partial charge in [-0.05, 0) is 59.9 Å².